The van der Waals surface area contributed by atoms with Gasteiger partial charge in [-0.3, -0.25) is 4.90 Å². The quantitative estimate of drug-likeness (QED) is 0.765. The van der Waals surface area contributed by atoms with Crippen molar-refractivity contribution < 1.29 is 0 Å². The van der Waals surface area contributed by atoms with Gasteiger partial charge in [0.1, 0.15) is 0 Å². The van der Waals surface area contributed by atoms with Crippen LogP contribution in [0, 0.1) is 0 Å². The Morgan fingerprint density at radius 3 is 2.47 bits per heavy atom. The smallest absolute Gasteiger partial charge is 0.0206 e. The van der Waals surface area contributed by atoms with Crippen LogP contribution in [0.2, 0.25) is 0 Å². The Labute approximate surface area is 117 Å². The third-order valence-electron chi connectivity index (χ3n) is 3.79. The van der Waals surface area contributed by atoms with E-state index in [9.17, 15) is 0 Å². The number of nitrogens with one attached hydrogen (secondary N) is 2. The van der Waals surface area contributed by atoms with Gasteiger partial charge in [-0.2, -0.15) is 0 Å². The molecule has 0 atom stereocenters. The Balaban J connectivity index is 1.64. The average Bonchev–Trinajstić information content (AvgIpc) is 2.45. The molecule has 1 heterocycles. The maximum absolute atomic E-state index is 3.54. The van der Waals surface area contributed by atoms with E-state index in [0.29, 0.717) is 5.92 Å². The molecule has 0 saturated carbocycles. The third kappa shape index (κ3) is 4.94. The summed E-state index contributed by atoms with van der Waals surface area (Å²) in [5, 5.41) is 6.92. The highest BCUT2D eigenvalue weighted by atomic mass is 15.2. The van der Waals surface area contributed by atoms with Crippen molar-refractivity contribution in [3.63, 3.8) is 0 Å². The number of benzene rings is 1. The normalized spacial score (nSPS) is 17.0. The van der Waals surface area contributed by atoms with Crippen LogP contribution in [0.25, 0.3) is 0 Å². The van der Waals surface area contributed by atoms with Gasteiger partial charge in [0.25, 0.3) is 0 Å². The van der Waals surface area contributed by atoms with Crippen LogP contribution in [0.1, 0.15) is 30.9 Å². The first kappa shape index (κ1) is 14.5. The van der Waals surface area contributed by atoms with E-state index >= 15 is 0 Å². The largest absolute Gasteiger partial charge is 0.314 e. The molecular weight excluding hydrogens is 234 g/mol. The van der Waals surface area contributed by atoms with E-state index in [1.807, 2.05) is 0 Å². The van der Waals surface area contributed by atoms with E-state index in [-0.39, 0.29) is 0 Å². The maximum atomic E-state index is 3.54. The molecule has 3 nitrogen and oxygen atoms in total. The monoisotopic (exact) mass is 261 g/mol. The molecule has 19 heavy (non-hydrogen) atoms. The van der Waals surface area contributed by atoms with Gasteiger partial charge in [-0.1, -0.05) is 38.1 Å². The summed E-state index contributed by atoms with van der Waals surface area (Å²) in [4.78, 5) is 2.52. The minimum absolute atomic E-state index is 0.620. The molecular formula is C16H27N3. The number of hydrogen-bond acceptors (Lipinski definition) is 3. The first-order valence-corrected chi connectivity index (χ1v) is 7.48. The van der Waals surface area contributed by atoms with Gasteiger partial charge >= 0.3 is 0 Å². The molecule has 1 saturated heterocycles. The molecule has 1 aliphatic heterocycles. The fourth-order valence-electron chi connectivity index (χ4n) is 2.43. The summed E-state index contributed by atoms with van der Waals surface area (Å²) in [5.41, 5.74) is 2.80. The molecule has 0 bridgehead atoms. The van der Waals surface area contributed by atoms with E-state index in [0.717, 1.165) is 32.7 Å². The van der Waals surface area contributed by atoms with Crippen LogP contribution < -0.4 is 10.6 Å². The Bertz CT molecular complexity index is 353. The highest BCUT2D eigenvalue weighted by Crippen LogP contribution is 2.14. The number of nitrogens with zero attached hydrogens (tertiary/aromatic N) is 1. The fourth-order valence-corrected chi connectivity index (χ4v) is 2.43. The standard InChI is InChI=1S/C16H27N3/c1-14(2)16-5-3-15(4-6-16)13-18-9-12-19-10-7-17-8-11-19/h3-6,14,17-18H,7-13H2,1-2H3. The van der Waals surface area contributed by atoms with Crippen molar-refractivity contribution in [2.24, 2.45) is 0 Å². The molecule has 106 valence electrons. The van der Waals surface area contributed by atoms with Crippen molar-refractivity contribution in [2.45, 2.75) is 26.3 Å². The lowest BCUT2D eigenvalue weighted by atomic mass is 10.0. The second kappa shape index (κ2) is 7.63. The summed E-state index contributed by atoms with van der Waals surface area (Å²) >= 11 is 0. The summed E-state index contributed by atoms with van der Waals surface area (Å²) in [5.74, 6) is 0.620. The molecule has 0 unspecified atom stereocenters. The van der Waals surface area contributed by atoms with Gasteiger partial charge < -0.3 is 10.6 Å². The van der Waals surface area contributed by atoms with Gasteiger partial charge in [-0.15, -0.1) is 0 Å². The molecule has 1 aromatic carbocycles. The predicted molar refractivity (Wildman–Crippen MR) is 81.5 cm³/mol. The molecule has 2 rings (SSSR count). The summed E-state index contributed by atoms with van der Waals surface area (Å²) in [6, 6.07) is 8.98. The zero-order valence-corrected chi connectivity index (χ0v) is 12.3. The van der Waals surface area contributed by atoms with E-state index in [4.69, 9.17) is 0 Å². The Hall–Kier alpha value is -0.900. The van der Waals surface area contributed by atoms with Gasteiger partial charge in [-0.25, -0.2) is 0 Å². The molecule has 0 amide bonds. The van der Waals surface area contributed by atoms with Crippen molar-refractivity contribution in [2.75, 3.05) is 39.3 Å². The van der Waals surface area contributed by atoms with Crippen LogP contribution in [-0.4, -0.2) is 44.2 Å². The highest BCUT2D eigenvalue weighted by Gasteiger charge is 2.07. The lowest BCUT2D eigenvalue weighted by Crippen LogP contribution is -2.45. The van der Waals surface area contributed by atoms with Crippen LogP contribution in [0.3, 0.4) is 0 Å². The second-order valence-corrected chi connectivity index (χ2v) is 5.66. The molecule has 1 aliphatic rings. The minimum atomic E-state index is 0.620. The fraction of sp³-hybridized carbons (Fsp3) is 0.625. The molecule has 3 heteroatoms. The molecule has 0 spiro atoms. The third-order valence-corrected chi connectivity index (χ3v) is 3.79. The lowest BCUT2D eigenvalue weighted by molar-refractivity contribution is 0.241. The van der Waals surface area contributed by atoms with Gasteiger partial charge in [0, 0.05) is 45.8 Å². The molecule has 1 fully saturated rings. The molecule has 1 aromatic rings. The second-order valence-electron chi connectivity index (χ2n) is 5.66. The minimum Gasteiger partial charge on any atom is -0.314 e. The molecule has 0 aromatic heterocycles. The first-order chi connectivity index (χ1) is 9.25. The summed E-state index contributed by atoms with van der Waals surface area (Å²) in [7, 11) is 0. The summed E-state index contributed by atoms with van der Waals surface area (Å²) < 4.78 is 0. The van der Waals surface area contributed by atoms with Crippen LogP contribution in [-0.2, 0) is 6.54 Å². The van der Waals surface area contributed by atoms with Crippen molar-refractivity contribution in [1.29, 1.82) is 0 Å². The maximum Gasteiger partial charge on any atom is 0.0206 e. The number of rotatable bonds is 6. The van der Waals surface area contributed by atoms with Gasteiger partial charge in [0.2, 0.25) is 0 Å². The first-order valence-electron chi connectivity index (χ1n) is 7.48. The van der Waals surface area contributed by atoms with Crippen molar-refractivity contribution in [3.8, 4) is 0 Å². The SMILES string of the molecule is CC(C)c1ccc(CNCCN2CCNCC2)cc1. The van der Waals surface area contributed by atoms with E-state index in [1.54, 1.807) is 0 Å². The van der Waals surface area contributed by atoms with Crippen LogP contribution in [0.5, 0.6) is 0 Å². The number of piperazine rings is 1. The van der Waals surface area contributed by atoms with Gasteiger partial charge in [0.05, 0.1) is 0 Å². The number of hydrogen-bond donors (Lipinski definition) is 2. The highest BCUT2D eigenvalue weighted by molar-refractivity contribution is 5.24. The molecule has 0 radical (unpaired) electrons. The zero-order chi connectivity index (χ0) is 13.5. The lowest BCUT2D eigenvalue weighted by Gasteiger charge is -2.27. The predicted octanol–water partition coefficient (Wildman–Crippen LogP) is 1.80. The van der Waals surface area contributed by atoms with Gasteiger partial charge in [0.15, 0.2) is 0 Å². The Morgan fingerprint density at radius 2 is 1.84 bits per heavy atom. The van der Waals surface area contributed by atoms with E-state index in [2.05, 4.69) is 53.6 Å². The summed E-state index contributed by atoms with van der Waals surface area (Å²) in [6.45, 7) is 12.3. The Kier molecular flexibility index (Phi) is 5.83. The summed E-state index contributed by atoms with van der Waals surface area (Å²) in [6.07, 6.45) is 0. The zero-order valence-electron chi connectivity index (χ0n) is 12.3. The van der Waals surface area contributed by atoms with E-state index < -0.39 is 0 Å². The van der Waals surface area contributed by atoms with Crippen LogP contribution in [0.15, 0.2) is 24.3 Å². The van der Waals surface area contributed by atoms with Crippen molar-refractivity contribution >= 4 is 0 Å². The van der Waals surface area contributed by atoms with E-state index in [1.165, 1.54) is 24.2 Å². The Morgan fingerprint density at radius 1 is 1.16 bits per heavy atom. The molecule has 0 aliphatic carbocycles. The van der Waals surface area contributed by atoms with Crippen LogP contribution in [0.4, 0.5) is 0 Å². The van der Waals surface area contributed by atoms with Crippen molar-refractivity contribution in [3.05, 3.63) is 35.4 Å². The molecule has 2 N–H and O–H groups in total. The van der Waals surface area contributed by atoms with Gasteiger partial charge in [-0.05, 0) is 17.0 Å². The average molecular weight is 261 g/mol. The topological polar surface area (TPSA) is 27.3 Å². The van der Waals surface area contributed by atoms with Crippen LogP contribution >= 0.6 is 0 Å². The van der Waals surface area contributed by atoms with Crippen molar-refractivity contribution in [1.82, 2.24) is 15.5 Å².